The van der Waals surface area contributed by atoms with Crippen molar-refractivity contribution in [1.82, 2.24) is 9.88 Å². The van der Waals surface area contributed by atoms with Gasteiger partial charge in [0.1, 0.15) is 0 Å². The fourth-order valence-corrected chi connectivity index (χ4v) is 2.68. The fourth-order valence-electron chi connectivity index (χ4n) is 2.68. The lowest BCUT2D eigenvalue weighted by molar-refractivity contribution is -0.127. The number of hydrogen-bond acceptors (Lipinski definition) is 2. The number of aryl methyl sites for hydroxylation is 1. The molecule has 4 N–H and O–H groups in total. The van der Waals surface area contributed by atoms with Crippen molar-refractivity contribution >= 4 is 22.8 Å². The number of carbonyl (C=O) groups excluding carboxylic acids is 1. The van der Waals surface area contributed by atoms with Crippen LogP contribution in [0.3, 0.4) is 0 Å². The molecule has 0 aliphatic rings. The maximum atomic E-state index is 12.0. The van der Waals surface area contributed by atoms with E-state index in [0.29, 0.717) is 6.42 Å². The Balaban J connectivity index is 2.02. The van der Waals surface area contributed by atoms with Crippen LogP contribution >= 0.6 is 0 Å². The highest BCUT2D eigenvalue weighted by atomic mass is 16.2. The van der Waals surface area contributed by atoms with Crippen LogP contribution < -0.4 is 5.73 Å². The largest absolute Gasteiger partial charge is 0.370 e. The van der Waals surface area contributed by atoms with Crippen molar-refractivity contribution in [1.29, 1.82) is 5.41 Å². The van der Waals surface area contributed by atoms with E-state index in [0.717, 1.165) is 23.9 Å². The molecule has 0 aliphatic carbocycles. The molecular weight excluding hydrogens is 300 g/mol. The van der Waals surface area contributed by atoms with Crippen LogP contribution in [0.25, 0.3) is 10.9 Å². The summed E-state index contributed by atoms with van der Waals surface area (Å²) in [6.45, 7) is 3.88. The summed E-state index contributed by atoms with van der Waals surface area (Å²) in [5, 5.41) is 8.49. The maximum Gasteiger partial charge on any atom is 0.229 e. The number of hydrogen-bond donors (Lipinski definition) is 3. The van der Waals surface area contributed by atoms with E-state index in [1.54, 1.807) is 0 Å². The Hall–Kier alpha value is -2.74. The highest BCUT2D eigenvalue weighted by Gasteiger charge is 2.15. The van der Waals surface area contributed by atoms with Gasteiger partial charge < -0.3 is 10.7 Å². The molecule has 0 fully saturated rings. The van der Waals surface area contributed by atoms with Crippen molar-refractivity contribution in [3.8, 4) is 11.8 Å². The summed E-state index contributed by atoms with van der Waals surface area (Å²) in [5.41, 5.74) is 8.69. The number of amides is 1. The molecule has 0 radical (unpaired) electrons. The molecule has 5 heteroatoms. The first-order valence-electron chi connectivity index (χ1n) is 8.05. The molecule has 0 saturated carbocycles. The van der Waals surface area contributed by atoms with Gasteiger partial charge in [0, 0.05) is 36.1 Å². The molecule has 1 amide bonds. The Morgan fingerprint density at radius 1 is 1.46 bits per heavy atom. The summed E-state index contributed by atoms with van der Waals surface area (Å²) in [6, 6.07) is 6.17. The molecule has 2 aromatic rings. The van der Waals surface area contributed by atoms with Gasteiger partial charge in [-0.05, 0) is 49.4 Å². The predicted molar refractivity (Wildman–Crippen MR) is 97.6 cm³/mol. The van der Waals surface area contributed by atoms with Gasteiger partial charge in [0.05, 0.1) is 0 Å². The van der Waals surface area contributed by atoms with E-state index in [1.807, 2.05) is 25.3 Å². The minimum absolute atomic E-state index is 0.116. The minimum Gasteiger partial charge on any atom is -0.370 e. The molecule has 1 aromatic carbocycles. The van der Waals surface area contributed by atoms with Crippen LogP contribution in [-0.4, -0.2) is 28.8 Å². The van der Waals surface area contributed by atoms with Crippen molar-refractivity contribution < 1.29 is 4.79 Å². The number of fused-ring (bicyclic) bond motifs is 1. The highest BCUT2D eigenvalue weighted by Crippen LogP contribution is 2.23. The first-order chi connectivity index (χ1) is 11.4. The normalized spacial score (nSPS) is 11.6. The molecule has 5 nitrogen and oxygen atoms in total. The lowest BCUT2D eigenvalue weighted by Crippen LogP contribution is -2.38. The van der Waals surface area contributed by atoms with Crippen molar-refractivity contribution in [2.45, 2.75) is 33.1 Å². The number of benzene rings is 1. The van der Waals surface area contributed by atoms with Gasteiger partial charge in [-0.3, -0.25) is 15.1 Å². The molecule has 0 unspecified atom stereocenters. The molecule has 0 aliphatic heterocycles. The highest BCUT2D eigenvalue weighted by molar-refractivity contribution is 5.94. The molecule has 0 bridgehead atoms. The van der Waals surface area contributed by atoms with Gasteiger partial charge in [0.2, 0.25) is 5.91 Å². The fraction of sp³-hybridized carbons (Fsp3) is 0.368. The third kappa shape index (κ3) is 4.17. The molecule has 2 rings (SSSR count). The van der Waals surface area contributed by atoms with Gasteiger partial charge in [-0.1, -0.05) is 12.8 Å². The Morgan fingerprint density at radius 2 is 2.21 bits per heavy atom. The van der Waals surface area contributed by atoms with Crippen LogP contribution in [0.15, 0.2) is 24.4 Å². The Bertz CT molecular complexity index is 810. The SMILES string of the molecule is CC#Cc1ccc2[nH]cc(CC[C@H](C)CC(=O)N(C)C(=N)N)c2c1. The summed E-state index contributed by atoms with van der Waals surface area (Å²) in [6.07, 6.45) is 4.21. The minimum atomic E-state index is -0.214. The molecule has 1 aromatic heterocycles. The Kier molecular flexibility index (Phi) is 5.64. The molecule has 1 heterocycles. The van der Waals surface area contributed by atoms with E-state index in [9.17, 15) is 4.79 Å². The number of carbonyl (C=O) groups is 1. The zero-order valence-corrected chi connectivity index (χ0v) is 14.4. The van der Waals surface area contributed by atoms with E-state index in [2.05, 4.69) is 29.8 Å². The summed E-state index contributed by atoms with van der Waals surface area (Å²) in [7, 11) is 1.54. The Labute approximate surface area is 142 Å². The zero-order chi connectivity index (χ0) is 17.7. The molecule has 24 heavy (non-hydrogen) atoms. The van der Waals surface area contributed by atoms with Crippen LogP contribution in [0.1, 0.15) is 37.8 Å². The molecule has 1 atom stereocenters. The third-order valence-electron chi connectivity index (χ3n) is 4.20. The number of nitrogens with two attached hydrogens (primary N) is 1. The second kappa shape index (κ2) is 7.69. The van der Waals surface area contributed by atoms with Crippen LogP contribution in [0.4, 0.5) is 0 Å². The van der Waals surface area contributed by atoms with Gasteiger partial charge in [0.25, 0.3) is 0 Å². The van der Waals surface area contributed by atoms with Crippen LogP contribution in [0.5, 0.6) is 0 Å². The number of aromatic nitrogens is 1. The number of guanidine groups is 1. The smallest absolute Gasteiger partial charge is 0.229 e. The van der Waals surface area contributed by atoms with Gasteiger partial charge in [-0.25, -0.2) is 0 Å². The second-order valence-electron chi connectivity index (χ2n) is 6.14. The number of aromatic amines is 1. The third-order valence-corrected chi connectivity index (χ3v) is 4.20. The van der Waals surface area contributed by atoms with Crippen LogP contribution in [0.2, 0.25) is 0 Å². The molecule has 126 valence electrons. The number of H-pyrrole nitrogens is 1. The van der Waals surface area contributed by atoms with Crippen molar-refractivity contribution in [3.63, 3.8) is 0 Å². The molecule has 0 spiro atoms. The van der Waals surface area contributed by atoms with Gasteiger partial charge in [0.15, 0.2) is 5.96 Å². The van der Waals surface area contributed by atoms with Crippen molar-refractivity contribution in [3.05, 3.63) is 35.5 Å². The lowest BCUT2D eigenvalue weighted by atomic mass is 9.97. The average Bonchev–Trinajstić information content (AvgIpc) is 2.94. The van der Waals surface area contributed by atoms with Crippen LogP contribution in [-0.2, 0) is 11.2 Å². The second-order valence-corrected chi connectivity index (χ2v) is 6.14. The Morgan fingerprint density at radius 3 is 2.88 bits per heavy atom. The summed E-state index contributed by atoms with van der Waals surface area (Å²) < 4.78 is 0. The maximum absolute atomic E-state index is 12.0. The zero-order valence-electron chi connectivity index (χ0n) is 14.4. The van der Waals surface area contributed by atoms with E-state index in [1.165, 1.54) is 22.9 Å². The standard InChI is InChI=1S/C19H24N4O/c1-4-5-14-7-9-17-16(11-14)15(12-22-17)8-6-13(2)10-18(24)23(3)19(20)21/h7,9,11-13,22H,6,8,10H2,1-3H3,(H3,20,21)/t13-/m0/s1. The number of nitrogens with zero attached hydrogens (tertiary/aromatic N) is 1. The van der Waals surface area contributed by atoms with Gasteiger partial charge in [-0.2, -0.15) is 0 Å². The number of rotatable bonds is 5. The quantitative estimate of drug-likeness (QED) is 0.449. The van der Waals surface area contributed by atoms with Gasteiger partial charge >= 0.3 is 0 Å². The molecule has 0 saturated heterocycles. The van der Waals surface area contributed by atoms with E-state index < -0.39 is 0 Å². The lowest BCUT2D eigenvalue weighted by Gasteiger charge is -2.17. The number of nitrogens with one attached hydrogen (secondary N) is 2. The van der Waals surface area contributed by atoms with Crippen LogP contribution in [0, 0.1) is 23.2 Å². The average molecular weight is 324 g/mol. The summed E-state index contributed by atoms with van der Waals surface area (Å²) >= 11 is 0. The van der Waals surface area contributed by atoms with E-state index >= 15 is 0 Å². The predicted octanol–water partition coefficient (Wildman–Crippen LogP) is 2.85. The monoisotopic (exact) mass is 324 g/mol. The van der Waals surface area contributed by atoms with E-state index in [4.69, 9.17) is 11.1 Å². The summed E-state index contributed by atoms with van der Waals surface area (Å²) in [4.78, 5) is 16.4. The first kappa shape index (κ1) is 17.6. The molecular formula is C19H24N4O. The first-order valence-corrected chi connectivity index (χ1v) is 8.05. The summed E-state index contributed by atoms with van der Waals surface area (Å²) in [5.74, 6) is 5.90. The van der Waals surface area contributed by atoms with E-state index in [-0.39, 0.29) is 17.8 Å². The van der Waals surface area contributed by atoms with Gasteiger partial charge in [-0.15, -0.1) is 5.92 Å². The van der Waals surface area contributed by atoms with Crippen molar-refractivity contribution in [2.75, 3.05) is 7.05 Å². The topological polar surface area (TPSA) is 86.0 Å². The van der Waals surface area contributed by atoms with Crippen molar-refractivity contribution in [2.24, 2.45) is 11.7 Å².